The fourth-order valence-electron chi connectivity index (χ4n) is 3.25. The van der Waals surface area contributed by atoms with Gasteiger partial charge in [-0.05, 0) is 42.8 Å². The second-order valence-corrected chi connectivity index (χ2v) is 7.17. The number of fused-ring (bicyclic) bond motifs is 1. The standard InChI is InChI=1S/C19H18N2O4S/c22-14-6-7-15(13-4-1-3-12(13)14)25-16-11-21(9-8-18(23)24)20-19(16)17-5-2-10-26-17/h2,5-7,10-11,22H,1,3-4,8-9H2,(H,23,24). The highest BCUT2D eigenvalue weighted by molar-refractivity contribution is 7.13. The van der Waals surface area contributed by atoms with E-state index >= 15 is 0 Å². The van der Waals surface area contributed by atoms with Crippen molar-refractivity contribution in [2.45, 2.75) is 32.2 Å². The minimum atomic E-state index is -0.864. The molecular formula is C19H18N2O4S. The summed E-state index contributed by atoms with van der Waals surface area (Å²) < 4.78 is 7.79. The first-order valence-electron chi connectivity index (χ1n) is 8.46. The molecule has 26 heavy (non-hydrogen) atoms. The lowest BCUT2D eigenvalue weighted by Crippen LogP contribution is -2.04. The quantitative estimate of drug-likeness (QED) is 0.683. The number of aryl methyl sites for hydroxylation is 1. The van der Waals surface area contributed by atoms with Crippen LogP contribution in [-0.4, -0.2) is 26.0 Å². The predicted molar refractivity (Wildman–Crippen MR) is 98.0 cm³/mol. The normalized spacial score (nSPS) is 12.9. The van der Waals surface area contributed by atoms with Gasteiger partial charge in [0.1, 0.15) is 17.2 Å². The summed E-state index contributed by atoms with van der Waals surface area (Å²) in [6, 6.07) is 7.35. The van der Waals surface area contributed by atoms with Gasteiger partial charge in [-0.25, -0.2) is 0 Å². The molecule has 3 aromatic rings. The number of carboxylic acid groups (broad SMARTS) is 1. The molecule has 0 amide bonds. The molecule has 2 aromatic heterocycles. The van der Waals surface area contributed by atoms with Gasteiger partial charge in [-0.15, -0.1) is 11.3 Å². The van der Waals surface area contributed by atoms with E-state index in [4.69, 9.17) is 9.84 Å². The Morgan fingerprint density at radius 1 is 1.23 bits per heavy atom. The third-order valence-electron chi connectivity index (χ3n) is 4.47. The van der Waals surface area contributed by atoms with Crippen molar-refractivity contribution >= 4 is 17.3 Å². The number of phenols is 1. The summed E-state index contributed by atoms with van der Waals surface area (Å²) in [5.41, 5.74) is 2.70. The van der Waals surface area contributed by atoms with E-state index in [2.05, 4.69) is 5.10 Å². The monoisotopic (exact) mass is 370 g/mol. The van der Waals surface area contributed by atoms with Crippen molar-refractivity contribution < 1.29 is 19.7 Å². The Labute approximate surface area is 154 Å². The van der Waals surface area contributed by atoms with Crippen LogP contribution in [0.25, 0.3) is 10.6 Å². The van der Waals surface area contributed by atoms with Gasteiger partial charge in [0.05, 0.1) is 24.0 Å². The number of carbonyl (C=O) groups is 1. The number of ether oxygens (including phenoxy) is 1. The second kappa shape index (κ2) is 6.84. The van der Waals surface area contributed by atoms with Crippen LogP contribution in [0.15, 0.2) is 35.8 Å². The molecule has 2 heterocycles. The number of benzene rings is 1. The molecule has 0 spiro atoms. The number of aromatic nitrogens is 2. The lowest BCUT2D eigenvalue weighted by atomic mass is 10.1. The van der Waals surface area contributed by atoms with E-state index in [9.17, 15) is 9.90 Å². The fourth-order valence-corrected chi connectivity index (χ4v) is 3.97. The van der Waals surface area contributed by atoms with Crippen LogP contribution in [0.1, 0.15) is 24.0 Å². The van der Waals surface area contributed by atoms with Crippen LogP contribution in [0, 0.1) is 0 Å². The molecule has 1 aromatic carbocycles. The summed E-state index contributed by atoms with van der Waals surface area (Å²) in [6.07, 6.45) is 4.47. The van der Waals surface area contributed by atoms with Crippen molar-refractivity contribution in [3.63, 3.8) is 0 Å². The number of aromatic hydroxyl groups is 1. The van der Waals surface area contributed by atoms with Crippen molar-refractivity contribution in [2.24, 2.45) is 0 Å². The SMILES string of the molecule is O=C(O)CCn1cc(Oc2ccc(O)c3c2CCC3)c(-c2cccs2)n1. The molecule has 7 heteroatoms. The Bertz CT molecular complexity index is 947. The molecule has 1 aliphatic carbocycles. The lowest BCUT2D eigenvalue weighted by Gasteiger charge is -2.11. The number of nitrogens with zero attached hydrogens (tertiary/aromatic N) is 2. The van der Waals surface area contributed by atoms with E-state index in [1.165, 1.54) is 0 Å². The van der Waals surface area contributed by atoms with Gasteiger partial charge < -0.3 is 14.9 Å². The van der Waals surface area contributed by atoms with E-state index < -0.39 is 5.97 Å². The van der Waals surface area contributed by atoms with Gasteiger partial charge >= 0.3 is 5.97 Å². The minimum absolute atomic E-state index is 0.000389. The minimum Gasteiger partial charge on any atom is -0.508 e. The van der Waals surface area contributed by atoms with Crippen LogP contribution in [0.2, 0.25) is 0 Å². The zero-order valence-electron chi connectivity index (χ0n) is 14.0. The molecule has 0 radical (unpaired) electrons. The topological polar surface area (TPSA) is 84.6 Å². The molecule has 2 N–H and O–H groups in total. The number of hydrogen-bond donors (Lipinski definition) is 2. The number of thiophene rings is 1. The summed E-state index contributed by atoms with van der Waals surface area (Å²) >= 11 is 1.55. The third-order valence-corrected chi connectivity index (χ3v) is 5.35. The number of hydrogen-bond acceptors (Lipinski definition) is 5. The maximum Gasteiger partial charge on any atom is 0.305 e. The van der Waals surface area contributed by atoms with Crippen LogP contribution in [0.4, 0.5) is 0 Å². The predicted octanol–water partition coefficient (Wildman–Crippen LogP) is 4.07. The van der Waals surface area contributed by atoms with Gasteiger partial charge in [0.15, 0.2) is 5.75 Å². The Morgan fingerprint density at radius 2 is 2.08 bits per heavy atom. The number of carboxylic acids is 1. The molecule has 0 fully saturated rings. The van der Waals surface area contributed by atoms with E-state index in [1.54, 1.807) is 34.3 Å². The van der Waals surface area contributed by atoms with Crippen molar-refractivity contribution in [3.8, 4) is 27.8 Å². The highest BCUT2D eigenvalue weighted by Crippen LogP contribution is 2.41. The van der Waals surface area contributed by atoms with E-state index in [0.29, 0.717) is 17.2 Å². The average Bonchev–Trinajstić information content (AvgIpc) is 3.36. The average molecular weight is 370 g/mol. The Morgan fingerprint density at radius 3 is 2.85 bits per heavy atom. The second-order valence-electron chi connectivity index (χ2n) is 6.22. The summed E-state index contributed by atoms with van der Waals surface area (Å²) in [5, 5.41) is 25.4. The molecule has 0 unspecified atom stereocenters. The summed E-state index contributed by atoms with van der Waals surface area (Å²) in [7, 11) is 0. The first-order valence-corrected chi connectivity index (χ1v) is 9.34. The zero-order chi connectivity index (χ0) is 18.1. The molecule has 0 saturated carbocycles. The first kappa shape index (κ1) is 16.7. The zero-order valence-corrected chi connectivity index (χ0v) is 14.8. The van der Waals surface area contributed by atoms with Crippen LogP contribution in [0.5, 0.6) is 17.2 Å². The number of phenolic OH excluding ortho intramolecular Hbond substituents is 1. The molecule has 6 nitrogen and oxygen atoms in total. The molecular weight excluding hydrogens is 352 g/mol. The van der Waals surface area contributed by atoms with Crippen LogP contribution in [0.3, 0.4) is 0 Å². The fraction of sp³-hybridized carbons (Fsp3) is 0.263. The van der Waals surface area contributed by atoms with E-state index in [-0.39, 0.29) is 13.0 Å². The van der Waals surface area contributed by atoms with E-state index in [1.807, 2.05) is 17.5 Å². The maximum atomic E-state index is 10.8. The van der Waals surface area contributed by atoms with E-state index in [0.717, 1.165) is 41.0 Å². The molecule has 0 aliphatic heterocycles. The van der Waals surface area contributed by atoms with Crippen LogP contribution < -0.4 is 4.74 Å². The number of aliphatic carboxylic acids is 1. The Kier molecular flexibility index (Phi) is 4.38. The van der Waals surface area contributed by atoms with Crippen molar-refractivity contribution in [2.75, 3.05) is 0 Å². The van der Waals surface area contributed by atoms with Crippen molar-refractivity contribution in [1.29, 1.82) is 0 Å². The third kappa shape index (κ3) is 3.17. The Balaban J connectivity index is 1.69. The highest BCUT2D eigenvalue weighted by atomic mass is 32.1. The Hall–Kier alpha value is -2.80. The van der Waals surface area contributed by atoms with Gasteiger partial charge in [0, 0.05) is 11.1 Å². The van der Waals surface area contributed by atoms with Gasteiger partial charge in [0.2, 0.25) is 0 Å². The molecule has 1 aliphatic rings. The summed E-state index contributed by atoms with van der Waals surface area (Å²) in [5.74, 6) is 0.779. The highest BCUT2D eigenvalue weighted by Gasteiger charge is 2.22. The van der Waals surface area contributed by atoms with Crippen molar-refractivity contribution in [3.05, 3.63) is 47.0 Å². The first-order chi connectivity index (χ1) is 12.6. The number of rotatable bonds is 6. The molecule has 134 valence electrons. The van der Waals surface area contributed by atoms with Gasteiger partial charge in [-0.2, -0.15) is 5.10 Å². The largest absolute Gasteiger partial charge is 0.508 e. The maximum absolute atomic E-state index is 10.8. The summed E-state index contributed by atoms with van der Waals surface area (Å²) in [4.78, 5) is 11.8. The van der Waals surface area contributed by atoms with Gasteiger partial charge in [0.25, 0.3) is 0 Å². The van der Waals surface area contributed by atoms with Gasteiger partial charge in [-0.1, -0.05) is 6.07 Å². The smallest absolute Gasteiger partial charge is 0.305 e. The van der Waals surface area contributed by atoms with Crippen LogP contribution in [-0.2, 0) is 24.2 Å². The van der Waals surface area contributed by atoms with Crippen molar-refractivity contribution in [1.82, 2.24) is 9.78 Å². The molecule has 0 atom stereocenters. The lowest BCUT2D eigenvalue weighted by molar-refractivity contribution is -0.137. The molecule has 0 saturated heterocycles. The van der Waals surface area contributed by atoms with Crippen LogP contribution >= 0.6 is 11.3 Å². The van der Waals surface area contributed by atoms with Gasteiger partial charge in [-0.3, -0.25) is 9.48 Å². The molecule has 0 bridgehead atoms. The summed E-state index contributed by atoms with van der Waals surface area (Å²) in [6.45, 7) is 0.282. The molecule has 4 rings (SSSR count).